The fraction of sp³-hybridized carbons (Fsp3) is 0.312. The molecule has 232 valence electrons. The Kier molecular flexibility index (Phi) is 10.4. The molecule has 4 aromatic rings. The number of H-pyrrole nitrogens is 1. The molecule has 5 N–H and O–H groups in total. The summed E-state index contributed by atoms with van der Waals surface area (Å²) in [6, 6.07) is 16.9. The lowest BCUT2D eigenvalue weighted by atomic mass is 10.1. The van der Waals surface area contributed by atoms with Gasteiger partial charge in [-0.1, -0.05) is 30.3 Å². The van der Waals surface area contributed by atoms with Crippen LogP contribution in [0.1, 0.15) is 27.2 Å². The van der Waals surface area contributed by atoms with Crippen LogP contribution in [-0.2, 0) is 24.5 Å². The molecule has 3 aliphatic rings. The van der Waals surface area contributed by atoms with E-state index in [4.69, 9.17) is 19.3 Å². The number of carbonyl (C=O) groups is 1. The summed E-state index contributed by atoms with van der Waals surface area (Å²) >= 11 is 0. The molecule has 4 heterocycles. The van der Waals surface area contributed by atoms with E-state index in [9.17, 15) is 9.90 Å². The molecule has 7 rings (SSSR count). The maximum atomic E-state index is 11.4. The van der Waals surface area contributed by atoms with E-state index >= 15 is 0 Å². The van der Waals surface area contributed by atoms with Crippen molar-refractivity contribution < 1.29 is 34.0 Å². The SMILES string of the molecule is COC(=O)c1cccc2c1OCCN2.OCc1cccc2c1OCCN2.OCc1cccc2c1OCCN2Cc1cnc[nH]1. The van der Waals surface area contributed by atoms with Gasteiger partial charge in [0, 0.05) is 30.4 Å². The fourth-order valence-electron chi connectivity index (χ4n) is 5.03. The van der Waals surface area contributed by atoms with Crippen molar-refractivity contribution in [3.8, 4) is 17.2 Å². The van der Waals surface area contributed by atoms with E-state index in [0.29, 0.717) is 31.1 Å². The Hall–Kier alpha value is -4.94. The number of nitrogens with zero attached hydrogens (tertiary/aromatic N) is 2. The van der Waals surface area contributed by atoms with Crippen LogP contribution in [0.2, 0.25) is 0 Å². The van der Waals surface area contributed by atoms with Crippen molar-refractivity contribution in [3.63, 3.8) is 0 Å². The number of anilines is 3. The Morgan fingerprint density at radius 3 is 2.18 bits per heavy atom. The number of nitrogens with one attached hydrogen (secondary N) is 3. The molecule has 3 aromatic carbocycles. The molecular formula is C32H37N5O7. The van der Waals surface area contributed by atoms with E-state index < -0.39 is 0 Å². The van der Waals surface area contributed by atoms with Crippen LogP contribution in [0.25, 0.3) is 0 Å². The van der Waals surface area contributed by atoms with Crippen molar-refractivity contribution >= 4 is 23.0 Å². The van der Waals surface area contributed by atoms with E-state index in [1.807, 2.05) is 48.7 Å². The van der Waals surface area contributed by atoms with Crippen LogP contribution in [0, 0.1) is 0 Å². The lowest BCUT2D eigenvalue weighted by molar-refractivity contribution is 0.0596. The van der Waals surface area contributed by atoms with Crippen LogP contribution in [0.3, 0.4) is 0 Å². The summed E-state index contributed by atoms with van der Waals surface area (Å²) in [5.74, 6) is 1.81. The fourth-order valence-corrected chi connectivity index (χ4v) is 5.03. The number of imidazole rings is 1. The Labute approximate surface area is 255 Å². The first-order chi connectivity index (χ1) is 21.6. The number of aromatic amines is 1. The third-order valence-corrected chi connectivity index (χ3v) is 7.13. The highest BCUT2D eigenvalue weighted by atomic mass is 16.5. The third-order valence-electron chi connectivity index (χ3n) is 7.13. The standard InChI is InChI=1S/C13H15N3O2.C10H11NO3.C9H11NO2/c17-8-10-2-1-3-12-13(10)18-5-4-16(12)7-11-6-14-9-15-11;1-13-10(12)7-3-2-4-8-9(7)14-6-5-11-8;11-6-7-2-1-3-8-9(7)12-5-4-10-8/h1-3,6,9,17H,4-5,7-8H2,(H,14,15);2-4,11H,5-6H2,1H3;1-3,10-11H,4-6H2. The van der Waals surface area contributed by atoms with Gasteiger partial charge in [0.05, 0.1) is 62.5 Å². The number of rotatable bonds is 5. The number of aliphatic hydroxyl groups is 2. The molecule has 0 fully saturated rings. The van der Waals surface area contributed by atoms with E-state index in [-0.39, 0.29) is 19.2 Å². The molecule has 0 amide bonds. The van der Waals surface area contributed by atoms with E-state index in [0.717, 1.165) is 71.6 Å². The number of aromatic nitrogens is 2. The normalized spacial score (nSPS) is 14.0. The van der Waals surface area contributed by atoms with Crippen LogP contribution < -0.4 is 29.7 Å². The van der Waals surface area contributed by atoms with E-state index in [1.165, 1.54) is 7.11 Å². The molecule has 44 heavy (non-hydrogen) atoms. The van der Waals surface area contributed by atoms with Gasteiger partial charge in [-0.05, 0) is 24.3 Å². The molecule has 0 aliphatic carbocycles. The first kappa shape index (κ1) is 30.5. The lowest BCUT2D eigenvalue weighted by Crippen LogP contribution is -2.32. The van der Waals surface area contributed by atoms with Gasteiger partial charge in [0.25, 0.3) is 0 Å². The molecule has 12 nitrogen and oxygen atoms in total. The molecule has 0 unspecified atom stereocenters. The summed E-state index contributed by atoms with van der Waals surface area (Å²) in [5, 5.41) is 24.7. The minimum Gasteiger partial charge on any atom is -0.489 e. The third kappa shape index (κ3) is 7.16. The number of carbonyl (C=O) groups excluding carboxylic acids is 1. The average molecular weight is 604 g/mol. The van der Waals surface area contributed by atoms with Crippen LogP contribution in [-0.4, -0.2) is 72.7 Å². The Morgan fingerprint density at radius 2 is 1.50 bits per heavy atom. The van der Waals surface area contributed by atoms with Crippen LogP contribution >= 0.6 is 0 Å². The summed E-state index contributed by atoms with van der Waals surface area (Å²) in [4.78, 5) is 20.7. The summed E-state index contributed by atoms with van der Waals surface area (Å²) in [5.41, 5.74) is 6.07. The van der Waals surface area contributed by atoms with Crippen molar-refractivity contribution in [3.05, 3.63) is 89.5 Å². The number of esters is 1. The van der Waals surface area contributed by atoms with Gasteiger partial charge in [0.2, 0.25) is 0 Å². The molecule has 0 bridgehead atoms. The quantitative estimate of drug-likeness (QED) is 0.213. The number of hydrogen-bond donors (Lipinski definition) is 5. The second-order valence-corrected chi connectivity index (χ2v) is 9.95. The summed E-state index contributed by atoms with van der Waals surface area (Å²) in [7, 11) is 1.36. The molecule has 1 aromatic heterocycles. The maximum Gasteiger partial charge on any atom is 0.341 e. The van der Waals surface area contributed by atoms with Crippen molar-refractivity contribution in [2.24, 2.45) is 0 Å². The first-order valence-corrected chi connectivity index (χ1v) is 14.4. The predicted molar refractivity (Wildman–Crippen MR) is 166 cm³/mol. The number of aliphatic hydroxyl groups excluding tert-OH is 2. The molecule has 0 atom stereocenters. The summed E-state index contributed by atoms with van der Waals surface area (Å²) in [6.45, 7) is 5.11. The highest BCUT2D eigenvalue weighted by Gasteiger charge is 2.21. The summed E-state index contributed by atoms with van der Waals surface area (Å²) < 4.78 is 21.2. The smallest absolute Gasteiger partial charge is 0.341 e. The van der Waals surface area contributed by atoms with Crippen LogP contribution in [0.4, 0.5) is 17.1 Å². The van der Waals surface area contributed by atoms with Gasteiger partial charge >= 0.3 is 5.97 Å². The number of para-hydroxylation sites is 3. The monoisotopic (exact) mass is 603 g/mol. The second-order valence-electron chi connectivity index (χ2n) is 9.95. The van der Waals surface area contributed by atoms with Crippen molar-refractivity contribution in [2.45, 2.75) is 19.8 Å². The van der Waals surface area contributed by atoms with Crippen LogP contribution in [0.15, 0.2) is 67.1 Å². The zero-order chi connectivity index (χ0) is 30.7. The molecule has 3 aliphatic heterocycles. The number of hydrogen-bond acceptors (Lipinski definition) is 11. The number of ether oxygens (including phenoxy) is 4. The van der Waals surface area contributed by atoms with Gasteiger partial charge in [-0.15, -0.1) is 0 Å². The minimum absolute atomic E-state index is 0.00106. The number of methoxy groups -OCH3 is 1. The van der Waals surface area contributed by atoms with E-state index in [1.54, 1.807) is 18.5 Å². The second kappa shape index (κ2) is 15.0. The Balaban J connectivity index is 0.000000134. The van der Waals surface area contributed by atoms with Gasteiger partial charge in [0.1, 0.15) is 36.9 Å². The molecule has 12 heteroatoms. The Bertz CT molecular complexity index is 1520. The van der Waals surface area contributed by atoms with Crippen LogP contribution in [0.5, 0.6) is 17.2 Å². The predicted octanol–water partition coefficient (Wildman–Crippen LogP) is 3.56. The van der Waals surface area contributed by atoms with Crippen molar-refractivity contribution in [2.75, 3.05) is 62.1 Å². The first-order valence-electron chi connectivity index (χ1n) is 14.4. The molecule has 0 radical (unpaired) electrons. The molecule has 0 saturated heterocycles. The Morgan fingerprint density at radius 1 is 0.864 bits per heavy atom. The number of benzene rings is 3. The molecule has 0 spiro atoms. The highest BCUT2D eigenvalue weighted by Crippen LogP contribution is 2.36. The zero-order valence-electron chi connectivity index (χ0n) is 24.5. The summed E-state index contributed by atoms with van der Waals surface area (Å²) in [6.07, 6.45) is 3.51. The van der Waals surface area contributed by atoms with Gasteiger partial charge in [-0.3, -0.25) is 0 Å². The molecule has 0 saturated carbocycles. The van der Waals surface area contributed by atoms with Gasteiger partial charge in [-0.2, -0.15) is 0 Å². The van der Waals surface area contributed by atoms with Crippen molar-refractivity contribution in [1.29, 1.82) is 0 Å². The minimum atomic E-state index is -0.370. The van der Waals surface area contributed by atoms with Crippen molar-refractivity contribution in [1.82, 2.24) is 9.97 Å². The maximum absolute atomic E-state index is 11.4. The highest BCUT2D eigenvalue weighted by molar-refractivity contribution is 5.95. The number of fused-ring (bicyclic) bond motifs is 3. The largest absolute Gasteiger partial charge is 0.489 e. The molecular weight excluding hydrogens is 566 g/mol. The van der Waals surface area contributed by atoms with Gasteiger partial charge < -0.3 is 49.7 Å². The lowest BCUT2D eigenvalue weighted by Gasteiger charge is -2.31. The van der Waals surface area contributed by atoms with Gasteiger partial charge in [-0.25, -0.2) is 9.78 Å². The van der Waals surface area contributed by atoms with Gasteiger partial charge in [0.15, 0.2) is 5.75 Å². The zero-order valence-corrected chi connectivity index (χ0v) is 24.5. The van der Waals surface area contributed by atoms with E-state index in [2.05, 4.69) is 30.2 Å². The average Bonchev–Trinajstić information content (AvgIpc) is 3.61. The topological polar surface area (TPSA) is 150 Å².